The molecule has 3 N–H and O–H groups in total. The summed E-state index contributed by atoms with van der Waals surface area (Å²) in [4.78, 5) is 0. The third kappa shape index (κ3) is 2.81. The molecule has 1 aromatic heterocycles. The smallest absolute Gasteiger partial charge is 0.131 e. The fourth-order valence-corrected chi connectivity index (χ4v) is 2.34. The first-order chi connectivity index (χ1) is 9.56. The molecule has 2 aromatic rings. The highest BCUT2D eigenvalue weighted by molar-refractivity contribution is 5.38. The van der Waals surface area contributed by atoms with Gasteiger partial charge in [-0.1, -0.05) is 6.07 Å². The maximum absolute atomic E-state index is 14.1. The van der Waals surface area contributed by atoms with Crippen LogP contribution < -0.4 is 16.0 Å². The lowest BCUT2D eigenvalue weighted by molar-refractivity contribution is 0.389. The zero-order valence-corrected chi connectivity index (χ0v) is 11.9. The number of halogens is 1. The van der Waals surface area contributed by atoms with E-state index in [-0.39, 0.29) is 11.9 Å². The van der Waals surface area contributed by atoms with Crippen LogP contribution in [-0.2, 0) is 13.5 Å². The molecule has 0 amide bonds. The monoisotopic (exact) mass is 278 g/mol. The van der Waals surface area contributed by atoms with E-state index >= 15 is 0 Å². The number of nitrogens with two attached hydrogens (primary N) is 1. The van der Waals surface area contributed by atoms with Gasteiger partial charge in [-0.2, -0.15) is 5.10 Å². The molecule has 0 spiro atoms. The molecule has 108 valence electrons. The summed E-state index contributed by atoms with van der Waals surface area (Å²) >= 11 is 0. The van der Waals surface area contributed by atoms with Gasteiger partial charge in [-0.3, -0.25) is 16.0 Å². The van der Waals surface area contributed by atoms with Crippen LogP contribution in [0.1, 0.15) is 23.0 Å². The number of methoxy groups -OCH3 is 1. The first-order valence-electron chi connectivity index (χ1n) is 6.34. The lowest BCUT2D eigenvalue weighted by Gasteiger charge is -2.19. The Hall–Kier alpha value is -1.92. The summed E-state index contributed by atoms with van der Waals surface area (Å²) in [5.41, 5.74) is 4.97. The highest BCUT2D eigenvalue weighted by Crippen LogP contribution is 2.29. The summed E-state index contributed by atoms with van der Waals surface area (Å²) in [5, 5.41) is 4.28. The summed E-state index contributed by atoms with van der Waals surface area (Å²) in [6.07, 6.45) is 0.519. The van der Waals surface area contributed by atoms with Crippen molar-refractivity contribution in [2.45, 2.75) is 19.4 Å². The van der Waals surface area contributed by atoms with Crippen molar-refractivity contribution in [2.24, 2.45) is 12.9 Å². The lowest BCUT2D eigenvalue weighted by Crippen LogP contribution is -2.31. The number of aromatic nitrogens is 2. The Bertz CT molecular complexity index is 597. The van der Waals surface area contributed by atoms with Crippen LogP contribution in [0.2, 0.25) is 0 Å². The molecule has 5 nitrogen and oxygen atoms in total. The maximum Gasteiger partial charge on any atom is 0.131 e. The minimum absolute atomic E-state index is 0.341. The van der Waals surface area contributed by atoms with E-state index in [1.807, 2.05) is 20.0 Å². The van der Waals surface area contributed by atoms with E-state index in [9.17, 15) is 4.39 Å². The Morgan fingerprint density at radius 2 is 2.25 bits per heavy atom. The van der Waals surface area contributed by atoms with Gasteiger partial charge in [0, 0.05) is 24.7 Å². The standard InChI is InChI=1S/C14H19FN4O/c1-9-7-10(19(2)18-9)8-12(17-16)14-11(15)5-4-6-13(14)20-3/h4-7,12,17H,8,16H2,1-3H3. The van der Waals surface area contributed by atoms with Gasteiger partial charge in [-0.15, -0.1) is 0 Å². The van der Waals surface area contributed by atoms with Crippen LogP contribution in [0.5, 0.6) is 5.75 Å². The largest absolute Gasteiger partial charge is 0.496 e. The second-order valence-corrected chi connectivity index (χ2v) is 4.68. The number of hydrogen-bond donors (Lipinski definition) is 2. The fourth-order valence-electron chi connectivity index (χ4n) is 2.34. The predicted octanol–water partition coefficient (Wildman–Crippen LogP) is 1.62. The second-order valence-electron chi connectivity index (χ2n) is 4.68. The van der Waals surface area contributed by atoms with Gasteiger partial charge >= 0.3 is 0 Å². The van der Waals surface area contributed by atoms with Gasteiger partial charge in [-0.05, 0) is 25.1 Å². The number of nitrogens with zero attached hydrogens (tertiary/aromatic N) is 2. The van der Waals surface area contributed by atoms with E-state index < -0.39 is 0 Å². The normalized spacial score (nSPS) is 12.4. The van der Waals surface area contributed by atoms with E-state index in [4.69, 9.17) is 10.6 Å². The van der Waals surface area contributed by atoms with Crippen LogP contribution in [0.15, 0.2) is 24.3 Å². The van der Waals surface area contributed by atoms with Gasteiger partial charge in [0.1, 0.15) is 11.6 Å². The minimum Gasteiger partial charge on any atom is -0.496 e. The van der Waals surface area contributed by atoms with Crippen LogP contribution in [0.4, 0.5) is 4.39 Å². The van der Waals surface area contributed by atoms with Crippen LogP contribution in [0.3, 0.4) is 0 Å². The molecule has 0 bridgehead atoms. The lowest BCUT2D eigenvalue weighted by atomic mass is 10.0. The molecule has 0 aliphatic heterocycles. The van der Waals surface area contributed by atoms with Crippen LogP contribution in [0.25, 0.3) is 0 Å². The quantitative estimate of drug-likeness (QED) is 0.644. The minimum atomic E-state index is -0.388. The van der Waals surface area contributed by atoms with Crippen LogP contribution in [0, 0.1) is 12.7 Å². The molecule has 1 aromatic carbocycles. The molecule has 20 heavy (non-hydrogen) atoms. The number of hydrazine groups is 1. The number of hydrogen-bond acceptors (Lipinski definition) is 4. The van der Waals surface area contributed by atoms with E-state index in [1.54, 1.807) is 16.8 Å². The van der Waals surface area contributed by atoms with Gasteiger partial charge in [0.05, 0.1) is 18.8 Å². The molecule has 1 unspecified atom stereocenters. The Kier molecular flexibility index (Phi) is 4.36. The molecule has 2 rings (SSSR count). The highest BCUT2D eigenvalue weighted by atomic mass is 19.1. The molecule has 1 heterocycles. The molecule has 0 radical (unpaired) electrons. The molecule has 1 atom stereocenters. The molecule has 0 fully saturated rings. The van der Waals surface area contributed by atoms with Gasteiger partial charge in [0.15, 0.2) is 0 Å². The van der Waals surface area contributed by atoms with E-state index in [2.05, 4.69) is 10.5 Å². The number of benzene rings is 1. The van der Waals surface area contributed by atoms with Gasteiger partial charge < -0.3 is 4.74 Å². The van der Waals surface area contributed by atoms with Crippen molar-refractivity contribution < 1.29 is 9.13 Å². The molecule has 0 aliphatic rings. The number of nitrogens with one attached hydrogen (secondary N) is 1. The van der Waals surface area contributed by atoms with Gasteiger partial charge in [0.25, 0.3) is 0 Å². The molecule has 6 heteroatoms. The summed E-state index contributed by atoms with van der Waals surface area (Å²) in [6, 6.07) is 6.30. The van der Waals surface area contributed by atoms with Gasteiger partial charge in [0.2, 0.25) is 0 Å². The van der Waals surface area contributed by atoms with Crippen molar-refractivity contribution in [2.75, 3.05) is 7.11 Å². The zero-order valence-electron chi connectivity index (χ0n) is 11.9. The summed E-state index contributed by atoms with van der Waals surface area (Å²) in [7, 11) is 3.37. The summed E-state index contributed by atoms with van der Waals surface area (Å²) in [6.45, 7) is 1.91. The van der Waals surface area contributed by atoms with Gasteiger partial charge in [-0.25, -0.2) is 4.39 Å². The first-order valence-corrected chi connectivity index (χ1v) is 6.34. The zero-order chi connectivity index (χ0) is 14.7. The third-order valence-corrected chi connectivity index (χ3v) is 3.29. The molecule has 0 aliphatic carbocycles. The van der Waals surface area contributed by atoms with Crippen LogP contribution >= 0.6 is 0 Å². The SMILES string of the molecule is COc1cccc(F)c1C(Cc1cc(C)nn1C)NN. The Morgan fingerprint density at radius 3 is 2.80 bits per heavy atom. The topological polar surface area (TPSA) is 65.1 Å². The number of aryl methyl sites for hydroxylation is 2. The average molecular weight is 278 g/mol. The predicted molar refractivity (Wildman–Crippen MR) is 74.7 cm³/mol. The van der Waals surface area contributed by atoms with E-state index in [0.717, 1.165) is 11.4 Å². The maximum atomic E-state index is 14.1. The average Bonchev–Trinajstić information content (AvgIpc) is 2.74. The second kappa shape index (κ2) is 6.02. The van der Waals surface area contributed by atoms with E-state index in [0.29, 0.717) is 17.7 Å². The molecule has 0 saturated heterocycles. The molecule has 0 saturated carbocycles. The summed E-state index contributed by atoms with van der Waals surface area (Å²) < 4.78 is 21.1. The van der Waals surface area contributed by atoms with Crippen molar-refractivity contribution in [1.82, 2.24) is 15.2 Å². The third-order valence-electron chi connectivity index (χ3n) is 3.29. The fraction of sp³-hybridized carbons (Fsp3) is 0.357. The molecular formula is C14H19FN4O. The summed E-state index contributed by atoms with van der Waals surface area (Å²) in [5.74, 6) is 5.74. The van der Waals surface area contributed by atoms with Crippen molar-refractivity contribution in [3.63, 3.8) is 0 Å². The number of ether oxygens (including phenoxy) is 1. The van der Waals surface area contributed by atoms with Crippen molar-refractivity contribution in [3.05, 3.63) is 47.0 Å². The first kappa shape index (κ1) is 14.5. The molecular weight excluding hydrogens is 259 g/mol. The Balaban J connectivity index is 2.36. The Morgan fingerprint density at radius 1 is 1.50 bits per heavy atom. The van der Waals surface area contributed by atoms with Crippen LogP contribution in [-0.4, -0.2) is 16.9 Å². The highest BCUT2D eigenvalue weighted by Gasteiger charge is 2.21. The van der Waals surface area contributed by atoms with Crippen molar-refractivity contribution >= 4 is 0 Å². The van der Waals surface area contributed by atoms with Crippen molar-refractivity contribution in [3.8, 4) is 5.75 Å². The Labute approximate surface area is 117 Å². The number of rotatable bonds is 5. The van der Waals surface area contributed by atoms with E-state index in [1.165, 1.54) is 13.2 Å². The van der Waals surface area contributed by atoms with Crippen molar-refractivity contribution in [1.29, 1.82) is 0 Å².